The van der Waals surface area contributed by atoms with Crippen molar-refractivity contribution in [3.05, 3.63) is 66.0 Å². The predicted molar refractivity (Wildman–Crippen MR) is 87.4 cm³/mol. The number of nitrogens with one attached hydrogen (secondary N) is 1. The molecule has 0 aliphatic carbocycles. The molecule has 116 valence electrons. The molecule has 0 unspecified atom stereocenters. The monoisotopic (exact) mass is 307 g/mol. The van der Waals surface area contributed by atoms with Gasteiger partial charge in [-0.05, 0) is 19.4 Å². The second-order valence-electron chi connectivity index (χ2n) is 5.32. The van der Waals surface area contributed by atoms with Gasteiger partial charge in [-0.3, -0.25) is 9.36 Å². The molecule has 23 heavy (non-hydrogen) atoms. The summed E-state index contributed by atoms with van der Waals surface area (Å²) in [6, 6.07) is 9.61. The number of hydrogen-bond donors (Lipinski definition) is 1. The summed E-state index contributed by atoms with van der Waals surface area (Å²) in [5.41, 5.74) is 2.11. The largest absolute Gasteiger partial charge is 0.310 e. The number of imidazole rings is 1. The zero-order valence-corrected chi connectivity index (χ0v) is 13.0. The van der Waals surface area contributed by atoms with Crippen molar-refractivity contribution in [3.8, 4) is 5.82 Å². The van der Waals surface area contributed by atoms with Gasteiger partial charge in [-0.2, -0.15) is 0 Å². The lowest BCUT2D eigenvalue weighted by Gasteiger charge is -2.08. The van der Waals surface area contributed by atoms with E-state index in [9.17, 15) is 4.79 Å². The fourth-order valence-electron chi connectivity index (χ4n) is 2.36. The molecular weight excluding hydrogens is 290 g/mol. The van der Waals surface area contributed by atoms with Crippen LogP contribution in [0.2, 0.25) is 0 Å². The van der Waals surface area contributed by atoms with Crippen LogP contribution in [-0.4, -0.2) is 25.4 Å². The summed E-state index contributed by atoms with van der Waals surface area (Å²) in [6.07, 6.45) is 5.26. The van der Waals surface area contributed by atoms with E-state index in [0.717, 1.165) is 17.0 Å². The lowest BCUT2D eigenvalue weighted by Crippen LogP contribution is -2.16. The summed E-state index contributed by atoms with van der Waals surface area (Å²) in [6.45, 7) is 3.89. The molecule has 2 heterocycles. The van der Waals surface area contributed by atoms with E-state index in [-0.39, 0.29) is 5.91 Å². The fourth-order valence-corrected chi connectivity index (χ4v) is 2.36. The van der Waals surface area contributed by atoms with Crippen LogP contribution in [0.25, 0.3) is 5.82 Å². The standard InChI is InChI=1S/C17H17N5O/c1-12-4-3-5-14(8-12)9-17(23)21-15-10-16(20-11-19-15)22-7-6-18-13(22)2/h3-8,10-11H,9H2,1-2H3,(H,19,20,21,23). The Labute approximate surface area is 134 Å². The Hall–Kier alpha value is -3.02. The molecule has 1 amide bonds. The van der Waals surface area contributed by atoms with Crippen molar-refractivity contribution in [2.24, 2.45) is 0 Å². The molecule has 1 aromatic carbocycles. The maximum absolute atomic E-state index is 12.2. The van der Waals surface area contributed by atoms with Gasteiger partial charge in [0.1, 0.15) is 23.8 Å². The molecule has 0 bridgehead atoms. The first-order valence-corrected chi connectivity index (χ1v) is 7.29. The topological polar surface area (TPSA) is 72.7 Å². The lowest BCUT2D eigenvalue weighted by molar-refractivity contribution is -0.115. The van der Waals surface area contributed by atoms with Gasteiger partial charge in [0, 0.05) is 18.5 Å². The van der Waals surface area contributed by atoms with E-state index in [1.54, 1.807) is 12.3 Å². The Kier molecular flexibility index (Phi) is 4.14. The number of aryl methyl sites for hydroxylation is 2. The van der Waals surface area contributed by atoms with E-state index in [0.29, 0.717) is 18.1 Å². The Balaban J connectivity index is 1.73. The molecule has 3 rings (SSSR count). The predicted octanol–water partition coefficient (Wildman–Crippen LogP) is 2.46. The normalized spacial score (nSPS) is 10.5. The zero-order valence-electron chi connectivity index (χ0n) is 13.0. The van der Waals surface area contributed by atoms with Crippen molar-refractivity contribution in [2.75, 3.05) is 5.32 Å². The van der Waals surface area contributed by atoms with E-state index in [4.69, 9.17) is 0 Å². The van der Waals surface area contributed by atoms with Gasteiger partial charge in [0.2, 0.25) is 5.91 Å². The Morgan fingerprint density at radius 2 is 2.04 bits per heavy atom. The molecular formula is C17H17N5O. The van der Waals surface area contributed by atoms with Crippen molar-refractivity contribution in [3.63, 3.8) is 0 Å². The van der Waals surface area contributed by atoms with Crippen LogP contribution in [0.1, 0.15) is 17.0 Å². The van der Waals surface area contributed by atoms with Gasteiger partial charge < -0.3 is 5.32 Å². The summed E-state index contributed by atoms with van der Waals surface area (Å²) >= 11 is 0. The summed E-state index contributed by atoms with van der Waals surface area (Å²) in [5.74, 6) is 1.85. The maximum atomic E-state index is 12.2. The third-order valence-corrected chi connectivity index (χ3v) is 3.44. The van der Waals surface area contributed by atoms with E-state index in [2.05, 4.69) is 20.3 Å². The van der Waals surface area contributed by atoms with Gasteiger partial charge >= 0.3 is 0 Å². The second kappa shape index (κ2) is 6.39. The maximum Gasteiger partial charge on any atom is 0.229 e. The fraction of sp³-hybridized carbons (Fsp3) is 0.176. The number of rotatable bonds is 4. The molecule has 0 saturated carbocycles. The minimum atomic E-state index is -0.109. The highest BCUT2D eigenvalue weighted by atomic mass is 16.1. The molecule has 0 spiro atoms. The third kappa shape index (κ3) is 3.60. The lowest BCUT2D eigenvalue weighted by atomic mass is 10.1. The summed E-state index contributed by atoms with van der Waals surface area (Å²) in [5, 5.41) is 2.81. The van der Waals surface area contributed by atoms with Crippen LogP contribution in [0.15, 0.2) is 49.1 Å². The SMILES string of the molecule is Cc1cccc(CC(=O)Nc2cc(-n3ccnc3C)ncn2)c1. The van der Waals surface area contributed by atoms with Gasteiger partial charge in [-0.25, -0.2) is 15.0 Å². The number of carbonyl (C=O) groups is 1. The van der Waals surface area contributed by atoms with Gasteiger partial charge in [-0.1, -0.05) is 29.8 Å². The zero-order chi connectivity index (χ0) is 16.2. The third-order valence-electron chi connectivity index (χ3n) is 3.44. The number of nitrogens with zero attached hydrogens (tertiary/aromatic N) is 4. The highest BCUT2D eigenvalue weighted by molar-refractivity contribution is 5.91. The molecule has 6 nitrogen and oxygen atoms in total. The smallest absolute Gasteiger partial charge is 0.229 e. The Morgan fingerprint density at radius 3 is 2.78 bits per heavy atom. The molecule has 2 aromatic heterocycles. The number of anilines is 1. The minimum absolute atomic E-state index is 0.109. The van der Waals surface area contributed by atoms with Crippen LogP contribution in [0.3, 0.4) is 0 Å². The summed E-state index contributed by atoms with van der Waals surface area (Å²) < 4.78 is 1.83. The highest BCUT2D eigenvalue weighted by Crippen LogP contribution is 2.12. The molecule has 0 saturated heterocycles. The first kappa shape index (κ1) is 14.9. The van der Waals surface area contributed by atoms with Crippen molar-refractivity contribution < 1.29 is 4.79 Å². The quantitative estimate of drug-likeness (QED) is 0.803. The number of carbonyl (C=O) groups excluding carboxylic acids is 1. The molecule has 3 aromatic rings. The van der Waals surface area contributed by atoms with Crippen molar-refractivity contribution >= 4 is 11.7 Å². The van der Waals surface area contributed by atoms with Crippen molar-refractivity contribution in [2.45, 2.75) is 20.3 Å². The van der Waals surface area contributed by atoms with E-state index >= 15 is 0 Å². The summed E-state index contributed by atoms with van der Waals surface area (Å²) in [4.78, 5) is 24.6. The summed E-state index contributed by atoms with van der Waals surface area (Å²) in [7, 11) is 0. The number of hydrogen-bond acceptors (Lipinski definition) is 4. The van der Waals surface area contributed by atoms with Crippen molar-refractivity contribution in [1.29, 1.82) is 0 Å². The number of benzene rings is 1. The molecule has 0 fully saturated rings. The average Bonchev–Trinajstić information content (AvgIpc) is 2.93. The van der Waals surface area contributed by atoms with E-state index < -0.39 is 0 Å². The van der Waals surface area contributed by atoms with Crippen LogP contribution in [0, 0.1) is 13.8 Å². The van der Waals surface area contributed by atoms with Crippen LogP contribution in [0.5, 0.6) is 0 Å². The highest BCUT2D eigenvalue weighted by Gasteiger charge is 2.08. The van der Waals surface area contributed by atoms with Crippen LogP contribution < -0.4 is 5.32 Å². The number of amides is 1. The van der Waals surface area contributed by atoms with E-state index in [1.165, 1.54) is 6.33 Å². The van der Waals surface area contributed by atoms with Gasteiger partial charge in [0.25, 0.3) is 0 Å². The van der Waals surface area contributed by atoms with Gasteiger partial charge in [0.05, 0.1) is 6.42 Å². The minimum Gasteiger partial charge on any atom is -0.310 e. The molecule has 0 radical (unpaired) electrons. The molecule has 0 aliphatic heterocycles. The molecule has 0 atom stereocenters. The molecule has 0 aliphatic rings. The molecule has 6 heteroatoms. The molecule has 1 N–H and O–H groups in total. The van der Waals surface area contributed by atoms with Crippen molar-refractivity contribution in [1.82, 2.24) is 19.5 Å². The van der Waals surface area contributed by atoms with Crippen LogP contribution in [-0.2, 0) is 11.2 Å². The first-order chi connectivity index (χ1) is 11.1. The Morgan fingerprint density at radius 1 is 1.17 bits per heavy atom. The number of aromatic nitrogens is 4. The second-order valence-corrected chi connectivity index (χ2v) is 5.32. The van der Waals surface area contributed by atoms with Crippen LogP contribution >= 0.6 is 0 Å². The van der Waals surface area contributed by atoms with Crippen LogP contribution in [0.4, 0.5) is 5.82 Å². The average molecular weight is 307 g/mol. The first-order valence-electron chi connectivity index (χ1n) is 7.29. The van der Waals surface area contributed by atoms with Gasteiger partial charge in [-0.15, -0.1) is 0 Å². The van der Waals surface area contributed by atoms with Gasteiger partial charge in [0.15, 0.2) is 0 Å². The Bertz CT molecular complexity index is 840. The van der Waals surface area contributed by atoms with E-state index in [1.807, 2.05) is 48.9 Å².